The van der Waals surface area contributed by atoms with Crippen LogP contribution in [0.3, 0.4) is 0 Å². The van der Waals surface area contributed by atoms with Crippen LogP contribution in [0.2, 0.25) is 0 Å². The van der Waals surface area contributed by atoms with Gasteiger partial charge in [-0.3, -0.25) is 4.79 Å². The molecule has 0 saturated carbocycles. The van der Waals surface area contributed by atoms with Crippen LogP contribution in [-0.2, 0) is 4.79 Å². The number of carbonyl (C=O) groups is 1. The molecule has 0 spiro atoms. The number of rotatable bonds is 3. The Balaban J connectivity index is 2.32. The first-order valence-electron chi connectivity index (χ1n) is 4.25. The number of amides is 1. The smallest absolute Gasteiger partial charge is 0.213 e. The Labute approximate surface area is 90.2 Å². The summed E-state index contributed by atoms with van der Waals surface area (Å²) in [6.07, 6.45) is 0.588. The monoisotopic (exact) mass is 220 g/mol. The summed E-state index contributed by atoms with van der Waals surface area (Å²) in [7, 11) is 0. The molecular weight excluding hydrogens is 212 g/mol. The fourth-order valence-electron chi connectivity index (χ4n) is 1.19. The third-order valence-corrected chi connectivity index (χ3v) is 2.60. The second kappa shape index (κ2) is 4.10. The van der Waals surface area contributed by atoms with Gasteiger partial charge in [0.1, 0.15) is 5.75 Å². The van der Waals surface area contributed by atoms with Gasteiger partial charge in [0, 0.05) is 10.9 Å². The van der Waals surface area contributed by atoms with Gasteiger partial charge in [0.2, 0.25) is 6.41 Å². The molecule has 1 amide bonds. The average Bonchev–Trinajstić information content (AvgIpc) is 2.67. The Kier molecular flexibility index (Phi) is 2.64. The van der Waals surface area contributed by atoms with E-state index in [0.29, 0.717) is 11.5 Å². The molecule has 0 radical (unpaired) electrons. The Bertz CT molecular complexity index is 482. The zero-order valence-corrected chi connectivity index (χ0v) is 8.49. The number of nitrogens with zero attached hydrogens (tertiary/aromatic N) is 1. The Morgan fingerprint density at radius 1 is 1.47 bits per heavy atom. The molecule has 1 aromatic carbocycles. The second-order valence-electron chi connectivity index (χ2n) is 2.85. The summed E-state index contributed by atoms with van der Waals surface area (Å²) in [5.74, 6) is 0.199. The number of aromatic nitrogens is 1. The lowest BCUT2D eigenvalue weighted by molar-refractivity contribution is -0.105. The molecule has 0 saturated heterocycles. The van der Waals surface area contributed by atoms with Gasteiger partial charge < -0.3 is 10.4 Å². The van der Waals surface area contributed by atoms with Crippen molar-refractivity contribution in [3.05, 3.63) is 29.6 Å². The largest absolute Gasteiger partial charge is 0.508 e. The van der Waals surface area contributed by atoms with E-state index in [9.17, 15) is 9.90 Å². The van der Waals surface area contributed by atoms with Crippen LogP contribution in [0.25, 0.3) is 11.3 Å². The number of anilines is 1. The number of hydrogen-bond donors (Lipinski definition) is 2. The number of phenolic OH excluding ortho intramolecular Hbond substituents is 1. The van der Waals surface area contributed by atoms with Crippen LogP contribution >= 0.6 is 11.3 Å². The fourth-order valence-corrected chi connectivity index (χ4v) is 1.87. The van der Waals surface area contributed by atoms with E-state index in [-0.39, 0.29) is 5.75 Å². The van der Waals surface area contributed by atoms with Gasteiger partial charge in [0.25, 0.3) is 0 Å². The van der Waals surface area contributed by atoms with Gasteiger partial charge in [-0.25, -0.2) is 4.98 Å². The number of nitrogens with one attached hydrogen (secondary N) is 1. The highest BCUT2D eigenvalue weighted by Crippen LogP contribution is 2.26. The van der Waals surface area contributed by atoms with Gasteiger partial charge in [-0.1, -0.05) is 12.1 Å². The third kappa shape index (κ3) is 2.13. The van der Waals surface area contributed by atoms with Gasteiger partial charge in [-0.05, 0) is 12.1 Å². The molecule has 0 unspecified atom stereocenters. The standard InChI is InChI=1S/C10H8N2O2S/c13-6-11-10-12-9(5-15-10)7-2-1-3-8(14)4-7/h1-6,14H,(H,11,12,13). The van der Waals surface area contributed by atoms with Gasteiger partial charge in [0.05, 0.1) is 5.69 Å². The van der Waals surface area contributed by atoms with E-state index in [4.69, 9.17) is 0 Å². The first kappa shape index (κ1) is 9.67. The highest BCUT2D eigenvalue weighted by molar-refractivity contribution is 7.14. The number of thiazole rings is 1. The number of aromatic hydroxyl groups is 1. The predicted molar refractivity (Wildman–Crippen MR) is 58.9 cm³/mol. The zero-order valence-electron chi connectivity index (χ0n) is 7.68. The second-order valence-corrected chi connectivity index (χ2v) is 3.71. The van der Waals surface area contributed by atoms with Crippen molar-refractivity contribution in [3.8, 4) is 17.0 Å². The van der Waals surface area contributed by atoms with Crippen molar-refractivity contribution in [2.75, 3.05) is 5.32 Å². The van der Waals surface area contributed by atoms with Crippen LogP contribution in [0.4, 0.5) is 5.13 Å². The first-order valence-corrected chi connectivity index (χ1v) is 5.12. The molecule has 2 aromatic rings. The summed E-state index contributed by atoms with van der Waals surface area (Å²) < 4.78 is 0. The first-order chi connectivity index (χ1) is 7.29. The maximum absolute atomic E-state index is 10.2. The lowest BCUT2D eigenvalue weighted by Crippen LogP contribution is -1.91. The van der Waals surface area contributed by atoms with E-state index in [1.54, 1.807) is 18.2 Å². The summed E-state index contributed by atoms with van der Waals surface area (Å²) in [6, 6.07) is 6.82. The summed E-state index contributed by atoms with van der Waals surface area (Å²) in [5.41, 5.74) is 1.56. The SMILES string of the molecule is O=CNc1nc(-c2cccc(O)c2)cs1. The van der Waals surface area contributed by atoms with Crippen molar-refractivity contribution in [3.63, 3.8) is 0 Å². The molecule has 0 fully saturated rings. The molecule has 1 aromatic heterocycles. The zero-order chi connectivity index (χ0) is 10.7. The van der Waals surface area contributed by atoms with E-state index < -0.39 is 0 Å². The average molecular weight is 220 g/mol. The van der Waals surface area contributed by atoms with Crippen LogP contribution in [0, 0.1) is 0 Å². The lowest BCUT2D eigenvalue weighted by atomic mass is 10.2. The molecular formula is C10H8N2O2S. The number of hydrogen-bond acceptors (Lipinski definition) is 4. The van der Waals surface area contributed by atoms with E-state index in [0.717, 1.165) is 11.3 Å². The number of phenols is 1. The molecule has 0 aliphatic heterocycles. The van der Waals surface area contributed by atoms with Crippen molar-refractivity contribution in [2.45, 2.75) is 0 Å². The van der Waals surface area contributed by atoms with Crippen molar-refractivity contribution >= 4 is 22.9 Å². The predicted octanol–water partition coefficient (Wildman–Crippen LogP) is 2.08. The van der Waals surface area contributed by atoms with E-state index >= 15 is 0 Å². The van der Waals surface area contributed by atoms with Gasteiger partial charge in [0.15, 0.2) is 5.13 Å². The van der Waals surface area contributed by atoms with Crippen LogP contribution in [-0.4, -0.2) is 16.5 Å². The summed E-state index contributed by atoms with van der Waals surface area (Å²) in [5, 5.41) is 14.1. The van der Waals surface area contributed by atoms with E-state index in [2.05, 4.69) is 10.3 Å². The molecule has 0 atom stereocenters. The number of benzene rings is 1. The van der Waals surface area contributed by atoms with E-state index in [1.165, 1.54) is 11.3 Å². The Morgan fingerprint density at radius 3 is 3.07 bits per heavy atom. The van der Waals surface area contributed by atoms with Gasteiger partial charge >= 0.3 is 0 Å². The third-order valence-electron chi connectivity index (χ3n) is 1.83. The highest BCUT2D eigenvalue weighted by atomic mass is 32.1. The van der Waals surface area contributed by atoms with Gasteiger partial charge in [-0.15, -0.1) is 11.3 Å². The van der Waals surface area contributed by atoms with Crippen LogP contribution in [0.5, 0.6) is 5.75 Å². The minimum Gasteiger partial charge on any atom is -0.508 e. The topological polar surface area (TPSA) is 62.2 Å². The number of carbonyl (C=O) groups excluding carboxylic acids is 1. The van der Waals surface area contributed by atoms with Crippen molar-refractivity contribution in [1.29, 1.82) is 0 Å². The maximum atomic E-state index is 10.2. The van der Waals surface area contributed by atoms with E-state index in [1.807, 2.05) is 11.4 Å². The summed E-state index contributed by atoms with van der Waals surface area (Å²) in [6.45, 7) is 0. The van der Waals surface area contributed by atoms with Crippen LogP contribution in [0.15, 0.2) is 29.6 Å². The lowest BCUT2D eigenvalue weighted by Gasteiger charge is -1.96. The maximum Gasteiger partial charge on any atom is 0.213 e. The Morgan fingerprint density at radius 2 is 2.33 bits per heavy atom. The Hall–Kier alpha value is -1.88. The molecule has 2 N–H and O–H groups in total. The van der Waals surface area contributed by atoms with Gasteiger partial charge in [-0.2, -0.15) is 0 Å². The molecule has 5 heteroatoms. The van der Waals surface area contributed by atoms with Crippen molar-refractivity contribution in [2.24, 2.45) is 0 Å². The fraction of sp³-hybridized carbons (Fsp3) is 0. The minimum absolute atomic E-state index is 0.199. The van der Waals surface area contributed by atoms with Crippen LogP contribution in [0.1, 0.15) is 0 Å². The summed E-state index contributed by atoms with van der Waals surface area (Å²) >= 11 is 1.34. The van der Waals surface area contributed by atoms with Crippen molar-refractivity contribution in [1.82, 2.24) is 4.98 Å². The molecule has 1 heterocycles. The molecule has 0 bridgehead atoms. The van der Waals surface area contributed by atoms with Crippen LogP contribution < -0.4 is 5.32 Å². The quantitative estimate of drug-likeness (QED) is 0.778. The highest BCUT2D eigenvalue weighted by Gasteiger charge is 2.04. The summed E-state index contributed by atoms with van der Waals surface area (Å²) in [4.78, 5) is 14.4. The molecule has 0 aliphatic carbocycles. The molecule has 15 heavy (non-hydrogen) atoms. The normalized spacial score (nSPS) is 9.87. The van der Waals surface area contributed by atoms with Crippen molar-refractivity contribution < 1.29 is 9.90 Å². The molecule has 2 rings (SSSR count). The molecule has 0 aliphatic rings. The minimum atomic E-state index is 0.199. The molecule has 4 nitrogen and oxygen atoms in total. The molecule has 76 valence electrons.